The number of nitrogens with one attached hydrogen (secondary N) is 1. The maximum absolute atomic E-state index is 13.7. The van der Waals surface area contributed by atoms with Crippen LogP contribution in [0, 0.1) is 5.82 Å². The lowest BCUT2D eigenvalue weighted by Gasteiger charge is -2.19. The number of hydrogen-bond donors (Lipinski definition) is 1. The number of halogens is 2. The maximum Gasteiger partial charge on any atom is 0.136 e. The number of aryl methyl sites for hydroxylation is 1. The van der Waals surface area contributed by atoms with Crippen LogP contribution in [0.15, 0.2) is 35.4 Å². The van der Waals surface area contributed by atoms with E-state index in [1.54, 1.807) is 23.0 Å². The molecule has 21 heavy (non-hydrogen) atoms. The van der Waals surface area contributed by atoms with E-state index in [-0.39, 0.29) is 11.9 Å². The molecule has 1 atom stereocenters. The smallest absolute Gasteiger partial charge is 0.136 e. The van der Waals surface area contributed by atoms with Crippen molar-refractivity contribution in [1.82, 2.24) is 15.1 Å². The lowest BCUT2D eigenvalue weighted by atomic mass is 10.2. The molecular weight excluding hydrogens is 309 g/mol. The second-order valence-electron chi connectivity index (χ2n) is 4.75. The Bertz CT molecular complexity index is 569. The first-order chi connectivity index (χ1) is 10.1. The van der Waals surface area contributed by atoms with Gasteiger partial charge >= 0.3 is 0 Å². The van der Waals surface area contributed by atoms with Gasteiger partial charge in [0, 0.05) is 17.7 Å². The van der Waals surface area contributed by atoms with Crippen molar-refractivity contribution in [3.63, 3.8) is 0 Å². The minimum absolute atomic E-state index is 0.0366. The monoisotopic (exact) mass is 327 g/mol. The summed E-state index contributed by atoms with van der Waals surface area (Å²) in [5.74, 6) is 0.507. The molecule has 2 aromatic rings. The molecule has 0 fully saturated rings. The van der Waals surface area contributed by atoms with Gasteiger partial charge in [0.25, 0.3) is 0 Å². The van der Waals surface area contributed by atoms with E-state index < -0.39 is 0 Å². The molecule has 0 saturated heterocycles. The average molecular weight is 328 g/mol. The van der Waals surface area contributed by atoms with E-state index >= 15 is 0 Å². The molecule has 0 aliphatic heterocycles. The lowest BCUT2D eigenvalue weighted by molar-refractivity contribution is 0.534. The largest absolute Gasteiger partial charge is 0.308 e. The summed E-state index contributed by atoms with van der Waals surface area (Å²) in [6, 6.07) is 6.85. The second-order valence-corrected chi connectivity index (χ2v) is 6.22. The molecule has 6 heteroatoms. The Labute approximate surface area is 133 Å². The van der Waals surface area contributed by atoms with Crippen LogP contribution in [0.4, 0.5) is 4.39 Å². The van der Waals surface area contributed by atoms with E-state index in [9.17, 15) is 4.39 Å². The van der Waals surface area contributed by atoms with E-state index in [1.165, 1.54) is 17.8 Å². The molecule has 3 nitrogen and oxygen atoms in total. The molecule has 1 aromatic carbocycles. The summed E-state index contributed by atoms with van der Waals surface area (Å²) in [4.78, 5) is 0.652. The predicted molar refractivity (Wildman–Crippen MR) is 86.4 cm³/mol. The van der Waals surface area contributed by atoms with Crippen molar-refractivity contribution in [2.24, 2.45) is 7.05 Å². The van der Waals surface area contributed by atoms with Gasteiger partial charge in [0.2, 0.25) is 0 Å². The molecule has 0 amide bonds. The zero-order valence-electron chi connectivity index (χ0n) is 12.1. The highest BCUT2D eigenvalue weighted by Crippen LogP contribution is 2.29. The minimum Gasteiger partial charge on any atom is -0.308 e. The standard InChI is InChI=1S/C15H19ClFN3S/c1-3-8-18-13(15-11(16)9-19-20(15)2)10-21-14-7-5-4-6-12(14)17/h4-7,9,13,18H,3,8,10H2,1-2H3. The average Bonchev–Trinajstić information content (AvgIpc) is 2.81. The zero-order chi connectivity index (χ0) is 15.2. The van der Waals surface area contributed by atoms with Crippen molar-refractivity contribution in [2.75, 3.05) is 12.3 Å². The SMILES string of the molecule is CCCNC(CSc1ccccc1F)c1c(Cl)cnn1C. The fraction of sp³-hybridized carbons (Fsp3) is 0.400. The summed E-state index contributed by atoms with van der Waals surface area (Å²) in [7, 11) is 1.87. The minimum atomic E-state index is -0.187. The van der Waals surface area contributed by atoms with Crippen LogP contribution in [0.5, 0.6) is 0 Å². The molecular formula is C15H19ClFN3S. The number of nitrogens with zero attached hydrogens (tertiary/aromatic N) is 2. The van der Waals surface area contributed by atoms with Crippen molar-refractivity contribution < 1.29 is 4.39 Å². The molecule has 1 unspecified atom stereocenters. The van der Waals surface area contributed by atoms with Crippen molar-refractivity contribution in [3.05, 3.63) is 47.0 Å². The van der Waals surface area contributed by atoms with Crippen molar-refractivity contribution in [3.8, 4) is 0 Å². The fourth-order valence-electron chi connectivity index (χ4n) is 2.10. The van der Waals surface area contributed by atoms with Gasteiger partial charge in [-0.1, -0.05) is 30.7 Å². The molecule has 1 N–H and O–H groups in total. The predicted octanol–water partition coefficient (Wildman–Crippen LogP) is 4.05. The Morgan fingerprint density at radius 1 is 1.43 bits per heavy atom. The third kappa shape index (κ3) is 4.22. The zero-order valence-corrected chi connectivity index (χ0v) is 13.7. The molecule has 0 aliphatic carbocycles. The highest BCUT2D eigenvalue weighted by atomic mass is 35.5. The van der Waals surface area contributed by atoms with Gasteiger partial charge in [-0.2, -0.15) is 5.10 Å². The molecule has 0 spiro atoms. The van der Waals surface area contributed by atoms with Gasteiger partial charge in [-0.15, -0.1) is 11.8 Å². The van der Waals surface area contributed by atoms with Crippen LogP contribution >= 0.6 is 23.4 Å². The summed E-state index contributed by atoms with van der Waals surface area (Å²) in [6.45, 7) is 2.99. The Kier molecular flexibility index (Phi) is 6.08. The summed E-state index contributed by atoms with van der Waals surface area (Å²) in [6.07, 6.45) is 2.67. The van der Waals surface area contributed by atoms with E-state index in [4.69, 9.17) is 11.6 Å². The molecule has 0 radical (unpaired) electrons. The summed E-state index contributed by atoms with van der Waals surface area (Å²) in [5.41, 5.74) is 0.939. The molecule has 114 valence electrons. The quantitative estimate of drug-likeness (QED) is 0.778. The molecule has 0 bridgehead atoms. The summed E-state index contributed by atoms with van der Waals surface area (Å²) < 4.78 is 15.5. The Morgan fingerprint density at radius 2 is 2.19 bits per heavy atom. The Balaban J connectivity index is 2.12. The molecule has 1 heterocycles. The van der Waals surface area contributed by atoms with Gasteiger partial charge in [-0.25, -0.2) is 4.39 Å². The van der Waals surface area contributed by atoms with Crippen LogP contribution < -0.4 is 5.32 Å². The van der Waals surface area contributed by atoms with Crippen molar-refractivity contribution in [2.45, 2.75) is 24.3 Å². The number of benzene rings is 1. The van der Waals surface area contributed by atoms with Crippen molar-refractivity contribution >= 4 is 23.4 Å². The van der Waals surface area contributed by atoms with Gasteiger partial charge in [0.05, 0.1) is 23.0 Å². The Hall–Kier alpha value is -1.04. The van der Waals surface area contributed by atoms with E-state index in [1.807, 2.05) is 13.1 Å². The first-order valence-corrected chi connectivity index (χ1v) is 8.28. The van der Waals surface area contributed by atoms with Crippen LogP contribution in [0.1, 0.15) is 25.1 Å². The van der Waals surface area contributed by atoms with Gasteiger partial charge in [0.1, 0.15) is 5.82 Å². The fourth-order valence-corrected chi connectivity index (χ4v) is 3.40. The summed E-state index contributed by atoms with van der Waals surface area (Å²) >= 11 is 7.71. The third-order valence-corrected chi connectivity index (χ3v) is 4.58. The highest BCUT2D eigenvalue weighted by Gasteiger charge is 2.19. The van der Waals surface area contributed by atoms with Gasteiger partial charge in [-0.05, 0) is 25.1 Å². The number of rotatable bonds is 7. The molecule has 1 aromatic heterocycles. The van der Waals surface area contributed by atoms with Gasteiger partial charge in [0.15, 0.2) is 0 Å². The number of thioether (sulfide) groups is 1. The van der Waals surface area contributed by atoms with Gasteiger partial charge in [-0.3, -0.25) is 4.68 Å². The van der Waals surface area contributed by atoms with Crippen LogP contribution in [0.3, 0.4) is 0 Å². The van der Waals surface area contributed by atoms with E-state index in [2.05, 4.69) is 17.3 Å². The third-order valence-electron chi connectivity index (χ3n) is 3.15. The van der Waals surface area contributed by atoms with Crippen LogP contribution in [0.2, 0.25) is 5.02 Å². The first-order valence-electron chi connectivity index (χ1n) is 6.91. The Morgan fingerprint density at radius 3 is 2.81 bits per heavy atom. The number of aromatic nitrogens is 2. The second kappa shape index (κ2) is 7.82. The van der Waals surface area contributed by atoms with Crippen LogP contribution in [0.25, 0.3) is 0 Å². The maximum atomic E-state index is 13.7. The number of hydrogen-bond acceptors (Lipinski definition) is 3. The van der Waals surface area contributed by atoms with Crippen LogP contribution in [-0.4, -0.2) is 22.1 Å². The van der Waals surface area contributed by atoms with E-state index in [0.29, 0.717) is 15.7 Å². The van der Waals surface area contributed by atoms with Crippen LogP contribution in [-0.2, 0) is 7.05 Å². The molecule has 0 saturated carbocycles. The summed E-state index contributed by atoms with van der Waals surface area (Å²) in [5, 5.41) is 8.27. The first kappa shape index (κ1) is 16.3. The molecule has 0 aliphatic rings. The van der Waals surface area contributed by atoms with Crippen molar-refractivity contribution in [1.29, 1.82) is 0 Å². The van der Waals surface area contributed by atoms with Gasteiger partial charge < -0.3 is 5.32 Å². The lowest BCUT2D eigenvalue weighted by Crippen LogP contribution is -2.26. The molecule has 2 rings (SSSR count). The van der Waals surface area contributed by atoms with E-state index in [0.717, 1.165) is 18.7 Å². The topological polar surface area (TPSA) is 29.9 Å². The highest BCUT2D eigenvalue weighted by molar-refractivity contribution is 7.99. The normalized spacial score (nSPS) is 12.6.